The van der Waals surface area contributed by atoms with E-state index in [9.17, 15) is 13.2 Å². The van der Waals surface area contributed by atoms with Gasteiger partial charge in [0.2, 0.25) is 0 Å². The zero-order valence-electron chi connectivity index (χ0n) is 13.8. The van der Waals surface area contributed by atoms with Crippen LogP contribution in [0.4, 0.5) is 13.2 Å². The molecule has 1 N–H and O–H groups in total. The highest BCUT2D eigenvalue weighted by atomic mass is 19.4. The summed E-state index contributed by atoms with van der Waals surface area (Å²) in [6, 6.07) is 5.60. The number of alkyl halides is 3. The van der Waals surface area contributed by atoms with Crippen LogP contribution < -0.4 is 5.32 Å². The van der Waals surface area contributed by atoms with Crippen molar-refractivity contribution >= 4 is 0 Å². The minimum atomic E-state index is -4.29. The Morgan fingerprint density at radius 3 is 2.75 bits per heavy atom. The molecule has 0 unspecified atom stereocenters. The summed E-state index contributed by atoms with van der Waals surface area (Å²) in [7, 11) is 0. The summed E-state index contributed by atoms with van der Waals surface area (Å²) < 4.78 is 44.3. The summed E-state index contributed by atoms with van der Waals surface area (Å²) in [6.07, 6.45) is -1.37. The van der Waals surface area contributed by atoms with Gasteiger partial charge in [-0.05, 0) is 49.9 Å². The van der Waals surface area contributed by atoms with Crippen molar-refractivity contribution in [1.29, 1.82) is 0 Å². The standard InChI is InChI=1S/C18H25F3N2O/c19-18(20,21)16-3-1-2-15(10-16)11-17-13-23(8-9-24-17)12-14-4-6-22-7-5-14/h1-3,10,14,17,22H,4-9,11-13H2/t17-/m0/s1. The van der Waals surface area contributed by atoms with Crippen LogP contribution in [0.25, 0.3) is 0 Å². The second-order valence-electron chi connectivity index (χ2n) is 6.85. The smallest absolute Gasteiger partial charge is 0.375 e. The van der Waals surface area contributed by atoms with E-state index in [4.69, 9.17) is 4.74 Å². The predicted octanol–water partition coefficient (Wildman–Crippen LogP) is 2.95. The number of nitrogens with one attached hydrogen (secondary N) is 1. The number of rotatable bonds is 4. The van der Waals surface area contributed by atoms with Crippen molar-refractivity contribution in [2.45, 2.75) is 31.5 Å². The van der Waals surface area contributed by atoms with E-state index in [2.05, 4.69) is 10.2 Å². The number of hydrogen-bond donors (Lipinski definition) is 1. The van der Waals surface area contributed by atoms with Crippen molar-refractivity contribution in [2.24, 2.45) is 5.92 Å². The van der Waals surface area contributed by atoms with Crippen LogP contribution in [0.5, 0.6) is 0 Å². The molecule has 0 spiro atoms. The van der Waals surface area contributed by atoms with E-state index >= 15 is 0 Å². The molecular formula is C18H25F3N2O. The molecule has 24 heavy (non-hydrogen) atoms. The molecule has 1 aromatic rings. The Kier molecular flexibility index (Phi) is 5.79. The lowest BCUT2D eigenvalue weighted by Crippen LogP contribution is -2.46. The lowest BCUT2D eigenvalue weighted by atomic mass is 9.97. The quantitative estimate of drug-likeness (QED) is 0.911. The fourth-order valence-corrected chi connectivity index (χ4v) is 3.64. The lowest BCUT2D eigenvalue weighted by Gasteiger charge is -2.36. The molecular weight excluding hydrogens is 317 g/mol. The number of piperidine rings is 1. The van der Waals surface area contributed by atoms with Crippen LogP contribution in [0.15, 0.2) is 24.3 Å². The van der Waals surface area contributed by atoms with Crippen molar-refractivity contribution in [3.05, 3.63) is 35.4 Å². The molecule has 2 aliphatic heterocycles. The van der Waals surface area contributed by atoms with Crippen LogP contribution in [-0.2, 0) is 17.3 Å². The molecule has 0 aromatic heterocycles. The molecule has 6 heteroatoms. The highest BCUT2D eigenvalue weighted by Gasteiger charge is 2.31. The predicted molar refractivity (Wildman–Crippen MR) is 86.9 cm³/mol. The Morgan fingerprint density at radius 2 is 2.00 bits per heavy atom. The van der Waals surface area contributed by atoms with Crippen LogP contribution in [-0.4, -0.2) is 50.3 Å². The van der Waals surface area contributed by atoms with Crippen LogP contribution in [0.1, 0.15) is 24.0 Å². The maximum Gasteiger partial charge on any atom is 0.416 e. The zero-order chi connectivity index (χ0) is 17.0. The molecule has 0 radical (unpaired) electrons. The van der Waals surface area contributed by atoms with Crippen LogP contribution in [0.3, 0.4) is 0 Å². The molecule has 2 saturated heterocycles. The van der Waals surface area contributed by atoms with Crippen LogP contribution in [0, 0.1) is 5.92 Å². The monoisotopic (exact) mass is 342 g/mol. The number of hydrogen-bond acceptors (Lipinski definition) is 3. The second kappa shape index (κ2) is 7.85. The highest BCUT2D eigenvalue weighted by molar-refractivity contribution is 5.26. The fourth-order valence-electron chi connectivity index (χ4n) is 3.64. The summed E-state index contributed by atoms with van der Waals surface area (Å²) in [6.45, 7) is 5.63. The average molecular weight is 342 g/mol. The third-order valence-electron chi connectivity index (χ3n) is 4.92. The molecule has 0 bridgehead atoms. The lowest BCUT2D eigenvalue weighted by molar-refractivity contribution is -0.137. The van der Waals surface area contributed by atoms with Gasteiger partial charge in [0.25, 0.3) is 0 Å². The molecule has 1 atom stereocenters. The maximum atomic E-state index is 12.8. The number of morpholine rings is 1. The van der Waals surface area contributed by atoms with Crippen molar-refractivity contribution < 1.29 is 17.9 Å². The van der Waals surface area contributed by atoms with Crippen LogP contribution in [0.2, 0.25) is 0 Å². The molecule has 3 nitrogen and oxygen atoms in total. The van der Waals surface area contributed by atoms with Gasteiger partial charge in [-0.25, -0.2) is 0 Å². The van der Waals surface area contributed by atoms with E-state index in [1.54, 1.807) is 6.07 Å². The number of halogens is 3. The highest BCUT2D eigenvalue weighted by Crippen LogP contribution is 2.30. The maximum absolute atomic E-state index is 12.8. The van der Waals surface area contributed by atoms with E-state index in [1.807, 2.05) is 0 Å². The van der Waals surface area contributed by atoms with Gasteiger partial charge in [-0.2, -0.15) is 13.2 Å². The molecule has 0 amide bonds. The largest absolute Gasteiger partial charge is 0.416 e. The summed E-state index contributed by atoms with van der Waals surface area (Å²) >= 11 is 0. The van der Waals surface area contributed by atoms with E-state index < -0.39 is 11.7 Å². The number of benzene rings is 1. The molecule has 1 aromatic carbocycles. The molecule has 2 aliphatic rings. The molecule has 0 aliphatic carbocycles. The number of ether oxygens (including phenoxy) is 1. The van der Waals surface area contributed by atoms with Crippen LogP contribution >= 0.6 is 0 Å². The Balaban J connectivity index is 1.55. The van der Waals surface area contributed by atoms with Gasteiger partial charge in [0, 0.05) is 19.6 Å². The first-order valence-corrected chi connectivity index (χ1v) is 8.71. The van der Waals surface area contributed by atoms with Gasteiger partial charge < -0.3 is 10.1 Å². The van der Waals surface area contributed by atoms with Gasteiger partial charge in [0.15, 0.2) is 0 Å². The molecule has 134 valence electrons. The third-order valence-corrected chi connectivity index (χ3v) is 4.92. The zero-order valence-corrected chi connectivity index (χ0v) is 13.8. The molecule has 2 fully saturated rings. The summed E-state index contributed by atoms with van der Waals surface area (Å²) in [5.41, 5.74) is 0.112. The first kappa shape index (κ1) is 17.7. The van der Waals surface area contributed by atoms with E-state index in [1.165, 1.54) is 25.0 Å². The minimum absolute atomic E-state index is 0.0241. The third kappa shape index (κ3) is 4.94. The van der Waals surface area contributed by atoms with Gasteiger partial charge in [0.05, 0.1) is 18.3 Å². The summed E-state index contributed by atoms with van der Waals surface area (Å²) in [5.74, 6) is 0.721. The Morgan fingerprint density at radius 1 is 1.21 bits per heavy atom. The summed E-state index contributed by atoms with van der Waals surface area (Å²) in [4.78, 5) is 2.41. The van der Waals surface area contributed by atoms with Crippen molar-refractivity contribution in [3.63, 3.8) is 0 Å². The first-order chi connectivity index (χ1) is 11.5. The van der Waals surface area contributed by atoms with Crippen molar-refractivity contribution in [1.82, 2.24) is 10.2 Å². The van der Waals surface area contributed by atoms with Gasteiger partial charge in [0.1, 0.15) is 0 Å². The average Bonchev–Trinajstić information content (AvgIpc) is 2.56. The normalized spacial score (nSPS) is 24.2. The Hall–Kier alpha value is -1.11. The number of nitrogens with zero attached hydrogens (tertiary/aromatic N) is 1. The minimum Gasteiger partial charge on any atom is -0.375 e. The topological polar surface area (TPSA) is 24.5 Å². The van der Waals surface area contributed by atoms with E-state index in [0.717, 1.165) is 44.7 Å². The van der Waals surface area contributed by atoms with Crippen molar-refractivity contribution in [2.75, 3.05) is 39.3 Å². The SMILES string of the molecule is FC(F)(F)c1cccc(C[C@H]2CN(CC3CCNCC3)CCO2)c1. The fraction of sp³-hybridized carbons (Fsp3) is 0.667. The first-order valence-electron chi connectivity index (χ1n) is 8.71. The van der Waals surface area contributed by atoms with Gasteiger partial charge >= 0.3 is 6.18 Å². The van der Waals surface area contributed by atoms with E-state index in [0.29, 0.717) is 18.6 Å². The van der Waals surface area contributed by atoms with Gasteiger partial charge in [-0.15, -0.1) is 0 Å². The Bertz CT molecular complexity index is 529. The second-order valence-corrected chi connectivity index (χ2v) is 6.85. The van der Waals surface area contributed by atoms with E-state index in [-0.39, 0.29) is 6.10 Å². The summed E-state index contributed by atoms with van der Waals surface area (Å²) in [5, 5.41) is 3.38. The Labute approximate surface area is 141 Å². The van der Waals surface area contributed by atoms with Gasteiger partial charge in [-0.3, -0.25) is 4.90 Å². The van der Waals surface area contributed by atoms with Crippen molar-refractivity contribution in [3.8, 4) is 0 Å². The molecule has 3 rings (SSSR count). The molecule has 2 heterocycles. The van der Waals surface area contributed by atoms with Gasteiger partial charge in [-0.1, -0.05) is 18.2 Å². The molecule has 0 saturated carbocycles.